The van der Waals surface area contributed by atoms with Gasteiger partial charge in [0.05, 0.1) is 0 Å². The molecule has 9 heteroatoms. The molecule has 0 saturated heterocycles. The fourth-order valence-electron chi connectivity index (χ4n) is 1.52. The fraction of sp³-hybridized carbons (Fsp3) is 0. The molecule has 3 N–H and O–H groups in total. The van der Waals surface area contributed by atoms with Gasteiger partial charge in [-0.1, -0.05) is 0 Å². The Hall–Kier alpha value is -2.18. The van der Waals surface area contributed by atoms with E-state index in [1.54, 1.807) is 36.8 Å². The Kier molecular flexibility index (Phi) is 34.3. The van der Waals surface area contributed by atoms with E-state index in [-0.39, 0.29) is 65.2 Å². The van der Waals surface area contributed by atoms with E-state index in [9.17, 15) is 0 Å². The van der Waals surface area contributed by atoms with Gasteiger partial charge in [0.1, 0.15) is 0 Å². The molecule has 3 aromatic heterocycles. The zero-order valence-corrected chi connectivity index (χ0v) is 22.7. The van der Waals surface area contributed by atoms with Gasteiger partial charge in [-0.2, -0.15) is 72.8 Å². The zero-order valence-electron chi connectivity index (χ0n) is 18.0. The maximum Gasteiger partial charge on any atom is 2.00 e. The van der Waals surface area contributed by atoms with Crippen LogP contribution in [0.1, 0.15) is 0 Å². The van der Waals surface area contributed by atoms with Crippen molar-refractivity contribution >= 4 is 0 Å². The molecule has 6 rings (SSSR count). The van der Waals surface area contributed by atoms with Crippen LogP contribution >= 0.6 is 0 Å². The second-order valence-corrected chi connectivity index (χ2v) is 5.00. The summed E-state index contributed by atoms with van der Waals surface area (Å²) in [6.45, 7) is 0. The molecular weight excluding hydrogens is 516 g/mol. The third-order valence-corrected chi connectivity index (χ3v) is 2.75. The Labute approximate surface area is 240 Å². The van der Waals surface area contributed by atoms with Crippen molar-refractivity contribution in [3.05, 3.63) is 146 Å². The van der Waals surface area contributed by atoms with Crippen molar-refractivity contribution < 1.29 is 65.2 Å². The average molecular weight is 540 g/mol. The van der Waals surface area contributed by atoms with E-state index in [1.165, 1.54) is 0 Å². The van der Waals surface area contributed by atoms with Crippen molar-refractivity contribution in [3.8, 4) is 0 Å². The summed E-state index contributed by atoms with van der Waals surface area (Å²) < 4.78 is 0. The molecule has 3 heterocycles. The number of nitrogens with zero attached hydrogens (tertiary/aromatic N) is 3. The van der Waals surface area contributed by atoms with Crippen LogP contribution in [0.4, 0.5) is 0 Å². The number of hydrogen-bond acceptors (Lipinski definition) is 3. The molecule has 33 heavy (non-hydrogen) atoms. The molecule has 0 unspecified atom stereocenters. The number of H-pyrrole nitrogens is 3. The summed E-state index contributed by atoms with van der Waals surface area (Å²) >= 11 is 0. The van der Waals surface area contributed by atoms with E-state index in [1.807, 2.05) is 91.0 Å². The molecule has 0 bridgehead atoms. The van der Waals surface area contributed by atoms with Crippen LogP contribution < -0.4 is 0 Å². The Bertz CT molecular complexity index is 579. The summed E-state index contributed by atoms with van der Waals surface area (Å²) in [6, 6.07) is 35.1. The van der Waals surface area contributed by atoms with Crippen LogP contribution in [-0.4, -0.2) is 30.6 Å². The molecule has 0 amide bonds. The Morgan fingerprint density at radius 2 is 0.667 bits per heavy atom. The van der Waals surface area contributed by atoms with Crippen LogP contribution in [0.3, 0.4) is 0 Å². The molecule has 0 radical (unpaired) electrons. The van der Waals surface area contributed by atoms with Gasteiger partial charge < -0.3 is 30.6 Å². The van der Waals surface area contributed by atoms with Gasteiger partial charge in [0, 0.05) is 0 Å². The van der Waals surface area contributed by atoms with Crippen molar-refractivity contribution in [3.63, 3.8) is 0 Å². The molecule has 0 saturated carbocycles. The van der Waals surface area contributed by atoms with Crippen LogP contribution in [0.15, 0.2) is 128 Å². The number of rotatable bonds is 0. The van der Waals surface area contributed by atoms with Gasteiger partial charge in [-0.25, -0.2) is 36.4 Å². The molecule has 0 aliphatic carbocycles. The minimum absolute atomic E-state index is 0. The van der Waals surface area contributed by atoms with E-state index in [0.29, 0.717) is 0 Å². The molecular formula is C24H24N6Ti3. The topological polar surface area (TPSA) is 86.0 Å². The van der Waals surface area contributed by atoms with Crippen molar-refractivity contribution in [2.75, 3.05) is 0 Å². The van der Waals surface area contributed by atoms with Crippen LogP contribution in [-0.2, 0) is 65.2 Å². The first kappa shape index (κ1) is 35.4. The van der Waals surface area contributed by atoms with Gasteiger partial charge >= 0.3 is 65.2 Å². The molecule has 0 atom stereocenters. The van der Waals surface area contributed by atoms with Crippen LogP contribution in [0, 0.1) is 18.6 Å². The molecule has 0 fully saturated rings. The zero-order chi connectivity index (χ0) is 21.2. The Balaban J connectivity index is -0.000000321. The van der Waals surface area contributed by atoms with Crippen LogP contribution in [0.2, 0.25) is 0 Å². The summed E-state index contributed by atoms with van der Waals surface area (Å²) in [7, 11) is 0. The van der Waals surface area contributed by atoms with Gasteiger partial charge in [0.15, 0.2) is 0 Å². The molecule has 3 aromatic carbocycles. The molecule has 162 valence electrons. The Morgan fingerprint density at radius 3 is 0.727 bits per heavy atom. The molecule has 0 spiro atoms. The van der Waals surface area contributed by atoms with Gasteiger partial charge in [-0.05, 0) is 0 Å². The molecule has 6 nitrogen and oxygen atoms in total. The van der Waals surface area contributed by atoms with E-state index >= 15 is 0 Å². The van der Waals surface area contributed by atoms with Gasteiger partial charge in [0.2, 0.25) is 0 Å². The standard InChI is InChI=1S/3C5H5.3C3H3N2.3Ti/c6*1-2-4-5-3-1;;;/h3*1-5H;3*1-2H,(H,4,5);;;/q6*-1;3*+2. The third kappa shape index (κ3) is 29.8. The van der Waals surface area contributed by atoms with E-state index < -0.39 is 0 Å². The number of nitrogens with one attached hydrogen (secondary N) is 3. The number of aromatic amines is 3. The van der Waals surface area contributed by atoms with Crippen molar-refractivity contribution in [1.82, 2.24) is 30.6 Å². The summed E-state index contributed by atoms with van der Waals surface area (Å²) in [4.78, 5) is 0. The third-order valence-electron chi connectivity index (χ3n) is 2.75. The molecule has 6 aromatic rings. The smallest absolute Gasteiger partial charge is 0.382 e. The van der Waals surface area contributed by atoms with Crippen LogP contribution in [0.5, 0.6) is 0 Å². The van der Waals surface area contributed by atoms with Gasteiger partial charge in [-0.15, -0.1) is 37.2 Å². The monoisotopic (exact) mass is 540 g/mol. The average Bonchev–Trinajstić information content (AvgIpc) is 3.69. The summed E-state index contributed by atoms with van der Waals surface area (Å²) in [5.74, 6) is 0. The first-order valence-electron chi connectivity index (χ1n) is 9.07. The summed E-state index contributed by atoms with van der Waals surface area (Å²) in [6.07, 6.45) is 12.8. The van der Waals surface area contributed by atoms with E-state index in [4.69, 9.17) is 0 Å². The van der Waals surface area contributed by atoms with Gasteiger partial charge in [-0.3, -0.25) is 0 Å². The number of hydrogen-bond donors (Lipinski definition) is 3. The minimum atomic E-state index is 0. The molecule has 0 aliphatic rings. The van der Waals surface area contributed by atoms with E-state index in [2.05, 4.69) is 49.2 Å². The predicted molar refractivity (Wildman–Crippen MR) is 118 cm³/mol. The minimum Gasteiger partial charge on any atom is -0.382 e. The fourth-order valence-corrected chi connectivity index (χ4v) is 1.52. The normalized spacial score (nSPS) is 7.27. The second-order valence-electron chi connectivity index (χ2n) is 5.00. The van der Waals surface area contributed by atoms with Crippen LogP contribution in [0.25, 0.3) is 0 Å². The predicted octanol–water partition coefficient (Wildman–Crippen LogP) is 4.84. The van der Waals surface area contributed by atoms with Gasteiger partial charge in [0.25, 0.3) is 0 Å². The Morgan fingerprint density at radius 1 is 0.424 bits per heavy atom. The summed E-state index contributed by atoms with van der Waals surface area (Å²) in [5, 5.41) is 18.1. The largest absolute Gasteiger partial charge is 2.00 e. The maximum absolute atomic E-state index is 3.47. The quantitative estimate of drug-likeness (QED) is 0.191. The molecule has 0 aliphatic heterocycles. The van der Waals surface area contributed by atoms with Crippen molar-refractivity contribution in [1.29, 1.82) is 0 Å². The second kappa shape index (κ2) is 32.0. The van der Waals surface area contributed by atoms with Crippen molar-refractivity contribution in [2.45, 2.75) is 0 Å². The maximum atomic E-state index is 3.47. The number of aromatic nitrogens is 6. The van der Waals surface area contributed by atoms with E-state index in [0.717, 1.165) is 0 Å². The first-order valence-corrected chi connectivity index (χ1v) is 9.07. The SMILES string of the molecule is [Ti+2].[Ti+2].[Ti+2].[c-]1cc[nH]n1.[c-]1cc[nH]n1.[c-]1cc[nH]n1.c1cc[cH-]c1.c1cc[cH-]c1.c1cc[cH-]c1. The van der Waals surface area contributed by atoms with Crippen molar-refractivity contribution in [2.24, 2.45) is 0 Å². The first-order chi connectivity index (χ1) is 15.0. The summed E-state index contributed by atoms with van der Waals surface area (Å²) in [5.41, 5.74) is 0.